The smallest absolute Gasteiger partial charge is 0.315 e. The number of carbonyl (C=O) groups is 1. The number of ether oxygens (including phenoxy) is 1. The predicted molar refractivity (Wildman–Crippen MR) is 106 cm³/mol. The van der Waals surface area contributed by atoms with Crippen molar-refractivity contribution >= 4 is 6.03 Å². The van der Waals surface area contributed by atoms with Crippen LogP contribution in [-0.4, -0.2) is 18.1 Å². The summed E-state index contributed by atoms with van der Waals surface area (Å²) in [5.41, 5.74) is 4.29. The number of amides is 2. The number of pyridine rings is 1. The van der Waals surface area contributed by atoms with Crippen LogP contribution in [0.15, 0.2) is 72.9 Å². The van der Waals surface area contributed by atoms with Crippen LogP contribution in [0.2, 0.25) is 0 Å². The Balaban J connectivity index is 1.53. The highest BCUT2D eigenvalue weighted by atomic mass is 16.5. The summed E-state index contributed by atoms with van der Waals surface area (Å²) in [5, 5.41) is 5.80. The summed E-state index contributed by atoms with van der Waals surface area (Å²) in [6, 6.07) is 21.8. The number of urea groups is 1. The van der Waals surface area contributed by atoms with E-state index < -0.39 is 0 Å². The van der Waals surface area contributed by atoms with E-state index in [1.165, 1.54) is 5.56 Å². The fourth-order valence-electron chi connectivity index (χ4n) is 2.74. The number of benzene rings is 2. The number of aromatic nitrogens is 1. The second kappa shape index (κ2) is 8.85. The number of hydrogen-bond donors (Lipinski definition) is 2. The highest BCUT2D eigenvalue weighted by molar-refractivity contribution is 5.74. The van der Waals surface area contributed by atoms with Gasteiger partial charge in [0.2, 0.25) is 5.88 Å². The Bertz CT molecular complexity index is 862. The normalized spacial score (nSPS) is 11.5. The van der Waals surface area contributed by atoms with Gasteiger partial charge in [-0.2, -0.15) is 0 Å². The maximum Gasteiger partial charge on any atom is 0.315 e. The van der Waals surface area contributed by atoms with Crippen molar-refractivity contribution < 1.29 is 9.53 Å². The number of carbonyl (C=O) groups excluding carboxylic acids is 1. The van der Waals surface area contributed by atoms with E-state index in [1.54, 1.807) is 19.4 Å². The molecule has 138 valence electrons. The van der Waals surface area contributed by atoms with Gasteiger partial charge in [-0.25, -0.2) is 9.78 Å². The zero-order chi connectivity index (χ0) is 19.1. The molecule has 0 bridgehead atoms. The molecule has 0 aliphatic carbocycles. The average Bonchev–Trinajstić information content (AvgIpc) is 2.73. The second-order valence-electron chi connectivity index (χ2n) is 6.25. The molecule has 5 heteroatoms. The number of methoxy groups -OCH3 is 1. The Hall–Kier alpha value is -3.34. The molecule has 0 saturated carbocycles. The molecule has 2 N–H and O–H groups in total. The molecule has 27 heavy (non-hydrogen) atoms. The van der Waals surface area contributed by atoms with Gasteiger partial charge in [0.05, 0.1) is 13.2 Å². The van der Waals surface area contributed by atoms with Crippen molar-refractivity contribution in [3.8, 4) is 17.0 Å². The second-order valence-corrected chi connectivity index (χ2v) is 6.25. The lowest BCUT2D eigenvalue weighted by molar-refractivity contribution is 0.237. The lowest BCUT2D eigenvalue weighted by Crippen LogP contribution is -2.36. The summed E-state index contributed by atoms with van der Waals surface area (Å²) in [4.78, 5) is 16.3. The molecular formula is C22H23N3O2. The third-order valence-corrected chi connectivity index (χ3v) is 4.33. The molecule has 5 nitrogen and oxygen atoms in total. The Morgan fingerprint density at radius 2 is 1.70 bits per heavy atom. The molecule has 3 aromatic rings. The van der Waals surface area contributed by atoms with E-state index in [0.29, 0.717) is 12.4 Å². The summed E-state index contributed by atoms with van der Waals surface area (Å²) < 4.78 is 5.02. The molecule has 1 atom stereocenters. The summed E-state index contributed by atoms with van der Waals surface area (Å²) >= 11 is 0. The lowest BCUT2D eigenvalue weighted by atomic mass is 10.0. The molecule has 2 aromatic carbocycles. The maximum absolute atomic E-state index is 12.1. The monoisotopic (exact) mass is 361 g/mol. The quantitative estimate of drug-likeness (QED) is 0.687. The van der Waals surface area contributed by atoms with Gasteiger partial charge in [0.15, 0.2) is 0 Å². The Morgan fingerprint density at radius 3 is 2.33 bits per heavy atom. The molecule has 0 aliphatic heterocycles. The van der Waals surface area contributed by atoms with Crippen LogP contribution < -0.4 is 15.4 Å². The van der Waals surface area contributed by atoms with Gasteiger partial charge in [0.1, 0.15) is 0 Å². The summed E-state index contributed by atoms with van der Waals surface area (Å²) in [6.45, 7) is 2.37. The fraction of sp³-hybridized carbons (Fsp3) is 0.182. The third-order valence-electron chi connectivity index (χ3n) is 4.33. The first-order valence-electron chi connectivity index (χ1n) is 8.84. The van der Waals surface area contributed by atoms with Gasteiger partial charge in [0.25, 0.3) is 0 Å². The Morgan fingerprint density at radius 1 is 1.00 bits per heavy atom. The first-order valence-corrected chi connectivity index (χ1v) is 8.84. The molecule has 1 heterocycles. The first kappa shape index (κ1) is 18.5. The number of hydrogen-bond acceptors (Lipinski definition) is 3. The minimum absolute atomic E-state index is 0.0937. The fourth-order valence-corrected chi connectivity index (χ4v) is 2.74. The van der Waals surface area contributed by atoms with Gasteiger partial charge in [-0.3, -0.25) is 0 Å². The van der Waals surface area contributed by atoms with Crippen LogP contribution in [0.4, 0.5) is 4.79 Å². The number of nitrogens with one attached hydrogen (secondary N) is 2. The molecule has 0 radical (unpaired) electrons. The van der Waals surface area contributed by atoms with E-state index in [9.17, 15) is 4.79 Å². The van der Waals surface area contributed by atoms with Gasteiger partial charge in [-0.05, 0) is 29.2 Å². The topological polar surface area (TPSA) is 63.2 Å². The third kappa shape index (κ3) is 5.07. The van der Waals surface area contributed by atoms with Gasteiger partial charge in [-0.15, -0.1) is 0 Å². The van der Waals surface area contributed by atoms with E-state index >= 15 is 0 Å². The van der Waals surface area contributed by atoms with Crippen LogP contribution in [-0.2, 0) is 6.54 Å². The van der Waals surface area contributed by atoms with Crippen LogP contribution in [0.3, 0.4) is 0 Å². The molecule has 1 unspecified atom stereocenters. The van der Waals surface area contributed by atoms with Gasteiger partial charge in [0, 0.05) is 18.8 Å². The van der Waals surface area contributed by atoms with Crippen molar-refractivity contribution in [3.05, 3.63) is 84.1 Å². The zero-order valence-corrected chi connectivity index (χ0v) is 15.5. The standard InChI is InChI=1S/C22H23N3O2/c1-16(18-9-11-20(12-10-18)19-6-4-3-5-7-19)25-22(26)24-15-17-8-13-21(27-2)23-14-17/h3-14,16H,15H2,1-2H3,(H2,24,25,26). The SMILES string of the molecule is COc1ccc(CNC(=O)NC(C)c2ccc(-c3ccccc3)cc2)cn1. The zero-order valence-electron chi connectivity index (χ0n) is 15.5. The molecule has 0 saturated heterocycles. The van der Waals surface area contributed by atoms with E-state index in [1.807, 2.05) is 43.3 Å². The Kier molecular flexibility index (Phi) is 6.05. The van der Waals surface area contributed by atoms with Crippen molar-refractivity contribution in [1.82, 2.24) is 15.6 Å². The van der Waals surface area contributed by atoms with Gasteiger partial charge >= 0.3 is 6.03 Å². The van der Waals surface area contributed by atoms with E-state index in [4.69, 9.17) is 4.74 Å². The number of rotatable bonds is 6. The van der Waals surface area contributed by atoms with E-state index in [-0.39, 0.29) is 12.1 Å². The number of nitrogens with zero attached hydrogens (tertiary/aromatic N) is 1. The summed E-state index contributed by atoms with van der Waals surface area (Å²) in [6.07, 6.45) is 1.69. The molecule has 0 aliphatic rings. The highest BCUT2D eigenvalue weighted by Crippen LogP contribution is 2.21. The molecule has 0 spiro atoms. The van der Waals surface area contributed by atoms with E-state index in [2.05, 4.69) is 39.9 Å². The van der Waals surface area contributed by atoms with Crippen LogP contribution >= 0.6 is 0 Å². The maximum atomic E-state index is 12.1. The summed E-state index contributed by atoms with van der Waals surface area (Å²) in [7, 11) is 1.57. The molecule has 2 amide bonds. The molecule has 1 aromatic heterocycles. The minimum Gasteiger partial charge on any atom is -0.481 e. The summed E-state index contributed by atoms with van der Waals surface area (Å²) in [5.74, 6) is 0.552. The highest BCUT2D eigenvalue weighted by Gasteiger charge is 2.09. The van der Waals surface area contributed by atoms with Crippen LogP contribution in [0.1, 0.15) is 24.1 Å². The molecular weight excluding hydrogens is 338 g/mol. The van der Waals surface area contributed by atoms with Crippen molar-refractivity contribution in [2.24, 2.45) is 0 Å². The largest absolute Gasteiger partial charge is 0.481 e. The Labute approximate surface area is 159 Å². The van der Waals surface area contributed by atoms with Crippen molar-refractivity contribution in [1.29, 1.82) is 0 Å². The van der Waals surface area contributed by atoms with Crippen molar-refractivity contribution in [2.45, 2.75) is 19.5 Å². The first-order chi connectivity index (χ1) is 13.2. The molecule has 3 rings (SSSR count). The van der Waals surface area contributed by atoms with Crippen LogP contribution in [0.5, 0.6) is 5.88 Å². The van der Waals surface area contributed by atoms with Gasteiger partial charge < -0.3 is 15.4 Å². The van der Waals surface area contributed by atoms with Crippen molar-refractivity contribution in [2.75, 3.05) is 7.11 Å². The van der Waals surface area contributed by atoms with E-state index in [0.717, 1.165) is 16.7 Å². The average molecular weight is 361 g/mol. The minimum atomic E-state index is -0.217. The lowest BCUT2D eigenvalue weighted by Gasteiger charge is -2.15. The molecule has 0 fully saturated rings. The van der Waals surface area contributed by atoms with Crippen LogP contribution in [0.25, 0.3) is 11.1 Å². The predicted octanol–water partition coefficient (Wildman–Crippen LogP) is 4.32. The van der Waals surface area contributed by atoms with Crippen LogP contribution in [0, 0.1) is 0 Å². The van der Waals surface area contributed by atoms with Crippen molar-refractivity contribution in [3.63, 3.8) is 0 Å². The van der Waals surface area contributed by atoms with Gasteiger partial charge in [-0.1, -0.05) is 60.7 Å².